The van der Waals surface area contributed by atoms with Crippen LogP contribution in [0.3, 0.4) is 0 Å². The molecule has 0 unspecified atom stereocenters. The molecule has 1 aromatic heterocycles. The zero-order chi connectivity index (χ0) is 13.8. The van der Waals surface area contributed by atoms with Gasteiger partial charge in [-0.3, -0.25) is 0 Å². The Labute approximate surface area is 109 Å². The number of hydrogen-bond acceptors (Lipinski definition) is 4. The number of nitrogens with two attached hydrogens (primary N) is 1. The van der Waals surface area contributed by atoms with Crippen LogP contribution in [0, 0.1) is 5.92 Å². The van der Waals surface area contributed by atoms with Crippen molar-refractivity contribution in [2.24, 2.45) is 18.7 Å². The molecule has 0 saturated carbocycles. The first-order valence-electron chi connectivity index (χ1n) is 6.06. The molecule has 18 heavy (non-hydrogen) atoms. The van der Waals surface area contributed by atoms with Crippen LogP contribution in [-0.4, -0.2) is 41.9 Å². The Balaban J connectivity index is 2.95. The largest absolute Gasteiger partial charge is 0.339 e. The van der Waals surface area contributed by atoms with Gasteiger partial charge in [-0.1, -0.05) is 13.8 Å². The Morgan fingerprint density at radius 3 is 2.61 bits per heavy atom. The molecule has 0 aliphatic rings. The maximum Gasteiger partial charge on any atom is 0.262 e. The van der Waals surface area contributed by atoms with E-state index in [1.807, 2.05) is 13.8 Å². The Bertz CT molecular complexity index is 467. The first kappa shape index (κ1) is 15.1. The van der Waals surface area contributed by atoms with Gasteiger partial charge in [0.15, 0.2) is 5.03 Å². The van der Waals surface area contributed by atoms with Gasteiger partial charge in [-0.25, -0.2) is 13.4 Å². The lowest BCUT2D eigenvalue weighted by atomic mass is 10.2. The number of aromatic nitrogens is 2. The molecule has 6 nitrogen and oxygen atoms in total. The van der Waals surface area contributed by atoms with Gasteiger partial charge in [-0.05, 0) is 18.9 Å². The monoisotopic (exact) mass is 274 g/mol. The summed E-state index contributed by atoms with van der Waals surface area (Å²) in [7, 11) is -1.75. The topological polar surface area (TPSA) is 81.2 Å². The summed E-state index contributed by atoms with van der Waals surface area (Å²) in [4.78, 5) is 3.93. The predicted molar refractivity (Wildman–Crippen MR) is 70.5 cm³/mol. The number of imidazole rings is 1. The van der Waals surface area contributed by atoms with Crippen LogP contribution in [0.5, 0.6) is 0 Å². The average molecular weight is 274 g/mol. The molecule has 0 aromatic carbocycles. The third kappa shape index (κ3) is 3.79. The molecule has 0 radical (unpaired) electrons. The van der Waals surface area contributed by atoms with E-state index in [4.69, 9.17) is 5.73 Å². The van der Waals surface area contributed by atoms with E-state index in [1.165, 1.54) is 16.8 Å². The van der Waals surface area contributed by atoms with Crippen molar-refractivity contribution in [3.8, 4) is 0 Å². The van der Waals surface area contributed by atoms with E-state index in [0.29, 0.717) is 26.1 Å². The lowest BCUT2D eigenvalue weighted by molar-refractivity contribution is 0.363. The van der Waals surface area contributed by atoms with E-state index < -0.39 is 10.0 Å². The molecule has 0 aliphatic heterocycles. The Morgan fingerprint density at radius 1 is 1.50 bits per heavy atom. The fourth-order valence-electron chi connectivity index (χ4n) is 1.64. The SMILES string of the molecule is CC(C)CN(CCCN)S(=O)(=O)c1cn(C)cn1. The molecule has 2 N–H and O–H groups in total. The van der Waals surface area contributed by atoms with Gasteiger partial charge in [0.25, 0.3) is 10.0 Å². The number of hydrogen-bond donors (Lipinski definition) is 1. The molecule has 0 fully saturated rings. The lowest BCUT2D eigenvalue weighted by Gasteiger charge is -2.22. The highest BCUT2D eigenvalue weighted by Gasteiger charge is 2.26. The van der Waals surface area contributed by atoms with E-state index in [0.717, 1.165) is 0 Å². The highest BCUT2D eigenvalue weighted by molar-refractivity contribution is 7.89. The fourth-order valence-corrected chi connectivity index (χ4v) is 3.25. The van der Waals surface area contributed by atoms with Gasteiger partial charge < -0.3 is 10.3 Å². The van der Waals surface area contributed by atoms with E-state index in [1.54, 1.807) is 11.6 Å². The first-order chi connectivity index (χ1) is 8.37. The van der Waals surface area contributed by atoms with E-state index >= 15 is 0 Å². The summed E-state index contributed by atoms with van der Waals surface area (Å²) in [5.74, 6) is 0.265. The van der Waals surface area contributed by atoms with Crippen LogP contribution >= 0.6 is 0 Å². The molecule has 1 rings (SSSR count). The van der Waals surface area contributed by atoms with Crippen molar-refractivity contribution in [3.05, 3.63) is 12.5 Å². The van der Waals surface area contributed by atoms with E-state index in [-0.39, 0.29) is 10.9 Å². The zero-order valence-electron chi connectivity index (χ0n) is 11.2. The summed E-state index contributed by atoms with van der Waals surface area (Å²) in [6, 6.07) is 0. The molecule has 0 atom stereocenters. The van der Waals surface area contributed by atoms with Gasteiger partial charge >= 0.3 is 0 Å². The van der Waals surface area contributed by atoms with Gasteiger partial charge in [0.05, 0.1) is 6.33 Å². The number of rotatable bonds is 7. The number of aryl methyl sites for hydroxylation is 1. The third-order valence-electron chi connectivity index (χ3n) is 2.47. The molecule has 7 heteroatoms. The molecule has 0 saturated heterocycles. The Morgan fingerprint density at radius 2 is 2.17 bits per heavy atom. The van der Waals surface area contributed by atoms with Crippen LogP contribution in [0.15, 0.2) is 17.6 Å². The molecule has 104 valence electrons. The Hall–Kier alpha value is -0.920. The van der Waals surface area contributed by atoms with Crippen LogP contribution in [0.1, 0.15) is 20.3 Å². The summed E-state index contributed by atoms with van der Waals surface area (Å²) in [5, 5.41) is 0.0997. The minimum absolute atomic E-state index is 0.0997. The van der Waals surface area contributed by atoms with Gasteiger partial charge in [0, 0.05) is 26.3 Å². The van der Waals surface area contributed by atoms with Crippen LogP contribution in [0.25, 0.3) is 0 Å². The highest BCUT2D eigenvalue weighted by Crippen LogP contribution is 2.15. The maximum absolute atomic E-state index is 12.4. The van der Waals surface area contributed by atoms with Crippen molar-refractivity contribution in [2.45, 2.75) is 25.3 Å². The van der Waals surface area contributed by atoms with E-state index in [9.17, 15) is 8.42 Å². The number of sulfonamides is 1. The Kier molecular flexibility index (Phi) is 5.30. The molecule has 1 aromatic rings. The van der Waals surface area contributed by atoms with Crippen LogP contribution in [-0.2, 0) is 17.1 Å². The van der Waals surface area contributed by atoms with E-state index in [2.05, 4.69) is 4.98 Å². The summed E-state index contributed by atoms with van der Waals surface area (Å²) >= 11 is 0. The fraction of sp³-hybridized carbons (Fsp3) is 0.727. The standard InChI is InChI=1S/C11H22N4O2S/c1-10(2)7-15(6-4-5-12)18(16,17)11-8-14(3)9-13-11/h8-10H,4-7,12H2,1-3H3. The van der Waals surface area contributed by atoms with Gasteiger partial charge in [0.1, 0.15) is 0 Å². The summed E-state index contributed by atoms with van der Waals surface area (Å²) in [5.41, 5.74) is 5.45. The molecule has 1 heterocycles. The maximum atomic E-state index is 12.4. The second kappa shape index (κ2) is 6.31. The third-order valence-corrected chi connectivity index (χ3v) is 4.22. The zero-order valence-corrected chi connectivity index (χ0v) is 12.0. The van der Waals surface area contributed by atoms with Crippen molar-refractivity contribution >= 4 is 10.0 Å². The average Bonchev–Trinajstić information content (AvgIpc) is 2.71. The van der Waals surface area contributed by atoms with Gasteiger partial charge in [0.2, 0.25) is 0 Å². The molecule has 0 bridgehead atoms. The smallest absolute Gasteiger partial charge is 0.262 e. The molecular formula is C11H22N4O2S. The summed E-state index contributed by atoms with van der Waals surface area (Å²) in [6.07, 6.45) is 3.66. The minimum atomic E-state index is -3.50. The van der Waals surface area contributed by atoms with Crippen molar-refractivity contribution in [1.82, 2.24) is 13.9 Å². The van der Waals surface area contributed by atoms with Crippen LogP contribution in [0.4, 0.5) is 0 Å². The van der Waals surface area contributed by atoms with Crippen molar-refractivity contribution in [2.75, 3.05) is 19.6 Å². The second-order valence-corrected chi connectivity index (χ2v) is 6.66. The van der Waals surface area contributed by atoms with Crippen molar-refractivity contribution < 1.29 is 8.42 Å². The number of nitrogens with zero attached hydrogens (tertiary/aromatic N) is 3. The normalized spacial score (nSPS) is 12.6. The lowest BCUT2D eigenvalue weighted by Crippen LogP contribution is -2.36. The highest BCUT2D eigenvalue weighted by atomic mass is 32.2. The van der Waals surface area contributed by atoms with Crippen molar-refractivity contribution in [1.29, 1.82) is 0 Å². The quantitative estimate of drug-likeness (QED) is 0.781. The second-order valence-electron chi connectivity index (χ2n) is 4.78. The summed E-state index contributed by atoms with van der Waals surface area (Å²) < 4.78 is 27.9. The first-order valence-corrected chi connectivity index (χ1v) is 7.50. The van der Waals surface area contributed by atoms with Crippen LogP contribution in [0.2, 0.25) is 0 Å². The summed E-state index contributed by atoms with van der Waals surface area (Å²) in [6.45, 7) is 5.38. The molecule has 0 amide bonds. The van der Waals surface area contributed by atoms with Crippen molar-refractivity contribution in [3.63, 3.8) is 0 Å². The predicted octanol–water partition coefficient (Wildman–Crippen LogP) is 0.416. The van der Waals surface area contributed by atoms with Gasteiger partial charge in [-0.15, -0.1) is 0 Å². The molecule has 0 aliphatic carbocycles. The minimum Gasteiger partial charge on any atom is -0.339 e. The molecule has 0 spiro atoms. The van der Waals surface area contributed by atoms with Gasteiger partial charge in [-0.2, -0.15) is 4.31 Å². The van der Waals surface area contributed by atoms with Crippen LogP contribution < -0.4 is 5.73 Å². The molecular weight excluding hydrogens is 252 g/mol.